The smallest absolute Gasteiger partial charge is 0.290 e. The van der Waals surface area contributed by atoms with Gasteiger partial charge in [0.25, 0.3) is 5.56 Å². The second-order valence-electron chi connectivity index (χ2n) is 5.58. The number of nitrogens with one attached hydrogen (secondary N) is 1. The van der Waals surface area contributed by atoms with Gasteiger partial charge >= 0.3 is 5.69 Å². The Morgan fingerprint density at radius 2 is 1.85 bits per heavy atom. The largest absolute Gasteiger partial charge is 0.329 e. The number of halogens is 2. The molecule has 1 N–H and O–H groups in total. The molecule has 9 heteroatoms. The summed E-state index contributed by atoms with van der Waals surface area (Å²) in [5.74, 6) is 0.411. The summed E-state index contributed by atoms with van der Waals surface area (Å²) >= 11 is 12.2. The molecule has 0 saturated carbocycles. The Morgan fingerprint density at radius 1 is 1.08 bits per heavy atom. The third kappa shape index (κ3) is 2.53. The average molecular weight is 388 g/mol. The highest BCUT2D eigenvalue weighted by Gasteiger charge is 2.20. The van der Waals surface area contributed by atoms with Crippen LogP contribution in [0.1, 0.15) is 0 Å². The Kier molecular flexibility index (Phi) is 3.90. The molecule has 4 rings (SSSR count). The van der Waals surface area contributed by atoms with Crippen molar-refractivity contribution >= 4 is 34.4 Å². The SMILES string of the molecule is Cn1c(=O)[nH]c2nc(-c3ccccc3Cl)n(-c3ccc(Cl)nc3)c2c1=O. The fourth-order valence-electron chi connectivity index (χ4n) is 2.72. The summed E-state index contributed by atoms with van der Waals surface area (Å²) in [4.78, 5) is 35.8. The van der Waals surface area contributed by atoms with E-state index in [0.717, 1.165) is 4.57 Å². The first kappa shape index (κ1) is 16.6. The van der Waals surface area contributed by atoms with Crippen LogP contribution in [0.4, 0.5) is 0 Å². The summed E-state index contributed by atoms with van der Waals surface area (Å²) in [5.41, 5.74) is 0.532. The van der Waals surface area contributed by atoms with Crippen LogP contribution >= 0.6 is 23.2 Å². The van der Waals surface area contributed by atoms with E-state index in [9.17, 15) is 9.59 Å². The molecule has 1 aromatic carbocycles. The predicted molar refractivity (Wildman–Crippen MR) is 100 cm³/mol. The predicted octanol–water partition coefficient (Wildman–Crippen LogP) is 2.78. The first-order valence-electron chi connectivity index (χ1n) is 7.56. The van der Waals surface area contributed by atoms with Gasteiger partial charge in [-0.2, -0.15) is 0 Å². The number of hydrogen-bond acceptors (Lipinski definition) is 4. The highest BCUT2D eigenvalue weighted by molar-refractivity contribution is 6.33. The van der Waals surface area contributed by atoms with E-state index in [0.29, 0.717) is 27.3 Å². The molecule has 0 unspecified atom stereocenters. The number of nitrogens with zero attached hydrogens (tertiary/aromatic N) is 4. The summed E-state index contributed by atoms with van der Waals surface area (Å²) in [6.45, 7) is 0. The lowest BCUT2D eigenvalue weighted by Gasteiger charge is -2.10. The molecule has 7 nitrogen and oxygen atoms in total. The normalized spacial score (nSPS) is 11.2. The van der Waals surface area contributed by atoms with E-state index >= 15 is 0 Å². The highest BCUT2D eigenvalue weighted by Crippen LogP contribution is 2.30. The van der Waals surface area contributed by atoms with Crippen LogP contribution in [0.25, 0.3) is 28.2 Å². The first-order chi connectivity index (χ1) is 12.5. The molecule has 0 saturated heterocycles. The molecule has 130 valence electrons. The van der Waals surface area contributed by atoms with Crippen LogP contribution in [0.2, 0.25) is 10.2 Å². The number of hydrogen-bond donors (Lipinski definition) is 1. The van der Waals surface area contributed by atoms with Gasteiger partial charge in [-0.05, 0) is 24.3 Å². The van der Waals surface area contributed by atoms with Crippen LogP contribution in [0.5, 0.6) is 0 Å². The van der Waals surface area contributed by atoms with Crippen molar-refractivity contribution in [2.45, 2.75) is 0 Å². The van der Waals surface area contributed by atoms with Gasteiger partial charge in [0.15, 0.2) is 11.2 Å². The number of pyridine rings is 1. The van der Waals surface area contributed by atoms with E-state index in [-0.39, 0.29) is 11.2 Å². The fourth-order valence-corrected chi connectivity index (χ4v) is 3.05. The number of imidazole rings is 1. The molecule has 0 aliphatic carbocycles. The van der Waals surface area contributed by atoms with E-state index in [1.807, 2.05) is 6.07 Å². The topological polar surface area (TPSA) is 85.6 Å². The number of fused-ring (bicyclic) bond motifs is 1. The zero-order valence-corrected chi connectivity index (χ0v) is 14.9. The van der Waals surface area contributed by atoms with Crippen LogP contribution in [0.3, 0.4) is 0 Å². The summed E-state index contributed by atoms with van der Waals surface area (Å²) in [7, 11) is 1.40. The zero-order valence-electron chi connectivity index (χ0n) is 13.4. The summed E-state index contributed by atoms with van der Waals surface area (Å²) in [6, 6.07) is 10.4. The van der Waals surface area contributed by atoms with Gasteiger partial charge < -0.3 is 0 Å². The molecule has 4 aromatic rings. The van der Waals surface area contributed by atoms with Crippen molar-refractivity contribution in [2.75, 3.05) is 0 Å². The molecule has 26 heavy (non-hydrogen) atoms. The second kappa shape index (κ2) is 6.12. The van der Waals surface area contributed by atoms with Gasteiger partial charge in [-0.15, -0.1) is 0 Å². The van der Waals surface area contributed by atoms with E-state index in [4.69, 9.17) is 23.2 Å². The maximum absolute atomic E-state index is 12.7. The highest BCUT2D eigenvalue weighted by atomic mass is 35.5. The molecule has 0 radical (unpaired) electrons. The maximum Gasteiger partial charge on any atom is 0.329 e. The van der Waals surface area contributed by atoms with E-state index in [2.05, 4.69) is 15.0 Å². The van der Waals surface area contributed by atoms with Crippen LogP contribution in [-0.4, -0.2) is 24.1 Å². The first-order valence-corrected chi connectivity index (χ1v) is 8.31. The van der Waals surface area contributed by atoms with Gasteiger partial charge in [0.1, 0.15) is 11.0 Å². The third-order valence-corrected chi connectivity index (χ3v) is 4.55. The van der Waals surface area contributed by atoms with Crippen LogP contribution in [-0.2, 0) is 7.05 Å². The minimum Gasteiger partial charge on any atom is -0.290 e. The van der Waals surface area contributed by atoms with Gasteiger partial charge in [0, 0.05) is 12.6 Å². The van der Waals surface area contributed by atoms with Gasteiger partial charge in [-0.3, -0.25) is 18.9 Å². The van der Waals surface area contributed by atoms with Gasteiger partial charge in [0.05, 0.1) is 16.9 Å². The molecule has 0 aliphatic heterocycles. The molecule has 0 atom stereocenters. The van der Waals surface area contributed by atoms with E-state index < -0.39 is 11.2 Å². The molecule has 0 amide bonds. The monoisotopic (exact) mass is 387 g/mol. The number of rotatable bonds is 2. The van der Waals surface area contributed by atoms with Crippen LogP contribution in [0.15, 0.2) is 52.2 Å². The van der Waals surface area contributed by atoms with Crippen molar-refractivity contribution in [3.05, 3.63) is 73.6 Å². The number of benzene rings is 1. The van der Waals surface area contributed by atoms with Crippen molar-refractivity contribution in [3.63, 3.8) is 0 Å². The minimum absolute atomic E-state index is 0.169. The lowest BCUT2D eigenvalue weighted by molar-refractivity contribution is 0.788. The lowest BCUT2D eigenvalue weighted by atomic mass is 10.2. The molecule has 0 fully saturated rings. The van der Waals surface area contributed by atoms with Crippen molar-refractivity contribution < 1.29 is 0 Å². The van der Waals surface area contributed by atoms with Crippen molar-refractivity contribution in [3.8, 4) is 17.1 Å². The van der Waals surface area contributed by atoms with Gasteiger partial charge in [-0.25, -0.2) is 14.8 Å². The third-order valence-electron chi connectivity index (χ3n) is 4.00. The summed E-state index contributed by atoms with van der Waals surface area (Å²) in [5, 5.41) is 0.781. The van der Waals surface area contributed by atoms with Crippen molar-refractivity contribution in [1.29, 1.82) is 0 Å². The number of aromatic amines is 1. The minimum atomic E-state index is -0.549. The summed E-state index contributed by atoms with van der Waals surface area (Å²) in [6.07, 6.45) is 1.52. The Bertz CT molecular complexity index is 1260. The lowest BCUT2D eigenvalue weighted by Crippen LogP contribution is -2.33. The Labute approximate surface area is 156 Å². The van der Waals surface area contributed by atoms with Crippen LogP contribution < -0.4 is 11.2 Å². The maximum atomic E-state index is 12.7. The Hall–Kier alpha value is -2.90. The second-order valence-corrected chi connectivity index (χ2v) is 6.38. The quantitative estimate of drug-likeness (QED) is 0.535. The van der Waals surface area contributed by atoms with Crippen molar-refractivity contribution in [1.82, 2.24) is 24.1 Å². The fraction of sp³-hybridized carbons (Fsp3) is 0.0588. The Morgan fingerprint density at radius 3 is 2.54 bits per heavy atom. The standard InChI is InChI=1S/C17H11Cl2N5O2/c1-23-16(25)13-14(22-17(23)26)21-15(10-4-2-3-5-11(10)18)24(13)9-6-7-12(19)20-8-9/h2-8H,1H3,(H,22,26). The molecular formula is C17H11Cl2N5O2. The van der Waals surface area contributed by atoms with Gasteiger partial charge in [0.2, 0.25) is 0 Å². The summed E-state index contributed by atoms with van der Waals surface area (Å²) < 4.78 is 2.60. The number of H-pyrrole nitrogens is 1. The van der Waals surface area contributed by atoms with Crippen LogP contribution in [0, 0.1) is 0 Å². The molecule has 0 bridgehead atoms. The Balaban J connectivity index is 2.18. The average Bonchev–Trinajstić information content (AvgIpc) is 3.00. The molecule has 3 aromatic heterocycles. The number of aromatic nitrogens is 5. The molecule has 0 spiro atoms. The molecule has 0 aliphatic rings. The zero-order chi connectivity index (χ0) is 18.4. The molecular weight excluding hydrogens is 377 g/mol. The van der Waals surface area contributed by atoms with Crippen molar-refractivity contribution in [2.24, 2.45) is 7.05 Å². The molecule has 3 heterocycles. The van der Waals surface area contributed by atoms with Gasteiger partial charge in [-0.1, -0.05) is 35.3 Å². The van der Waals surface area contributed by atoms with E-state index in [1.165, 1.54) is 13.2 Å². The van der Waals surface area contributed by atoms with E-state index in [1.54, 1.807) is 34.9 Å².